The van der Waals surface area contributed by atoms with Crippen LogP contribution < -0.4 is 5.43 Å². The van der Waals surface area contributed by atoms with Crippen LogP contribution in [0.5, 0.6) is 5.75 Å². The lowest BCUT2D eigenvalue weighted by Crippen LogP contribution is -2.06. The van der Waals surface area contributed by atoms with Gasteiger partial charge in [-0.2, -0.15) is 0 Å². The Balaban J connectivity index is 2.49. The highest BCUT2D eigenvalue weighted by atomic mass is 16.4. The molecule has 0 saturated heterocycles. The minimum atomic E-state index is -1.10. The van der Waals surface area contributed by atoms with Crippen molar-refractivity contribution in [1.82, 2.24) is 0 Å². The number of carbonyl (C=O) groups is 1. The van der Waals surface area contributed by atoms with Gasteiger partial charge in [-0.15, -0.1) is 0 Å². The van der Waals surface area contributed by atoms with Crippen molar-refractivity contribution in [2.24, 2.45) is 0 Å². The fourth-order valence-corrected chi connectivity index (χ4v) is 2.98. The molecule has 0 radical (unpaired) electrons. The van der Waals surface area contributed by atoms with Gasteiger partial charge in [-0.1, -0.05) is 18.7 Å². The summed E-state index contributed by atoms with van der Waals surface area (Å²) in [4.78, 5) is 23.5. The third kappa shape index (κ3) is 2.91. The summed E-state index contributed by atoms with van der Waals surface area (Å²) < 4.78 is 5.77. The summed E-state index contributed by atoms with van der Waals surface area (Å²) in [5.74, 6) is -0.778. The van der Waals surface area contributed by atoms with Crippen LogP contribution in [0.25, 0.3) is 27.9 Å². The van der Waals surface area contributed by atoms with Crippen molar-refractivity contribution >= 4 is 22.5 Å². The normalized spacial score (nSPS) is 12.5. The first kappa shape index (κ1) is 17.2. The molecule has 5 heteroatoms. The standard InChI is InChI=1S/C21H16O5/c1-3-5-15(21(24)25)14(4-2)20-16-8-6-12(22)10-18(16)26-19-11-13(23)7-9-17(19)20/h3-11,22H,1H2,2H3,(H,24,25)/b14-4+,15-5+. The predicted octanol–water partition coefficient (Wildman–Crippen LogP) is 4.20. The van der Waals surface area contributed by atoms with Crippen LogP contribution in [0, 0.1) is 0 Å². The van der Waals surface area contributed by atoms with E-state index in [-0.39, 0.29) is 16.8 Å². The Morgan fingerprint density at radius 2 is 1.96 bits per heavy atom. The average molecular weight is 348 g/mol. The predicted molar refractivity (Wildman–Crippen MR) is 100 cm³/mol. The van der Waals surface area contributed by atoms with E-state index < -0.39 is 5.97 Å². The number of phenols is 1. The van der Waals surface area contributed by atoms with Crippen LogP contribution in [0.3, 0.4) is 0 Å². The van der Waals surface area contributed by atoms with Gasteiger partial charge in [-0.3, -0.25) is 4.79 Å². The van der Waals surface area contributed by atoms with Gasteiger partial charge in [0, 0.05) is 28.6 Å². The Morgan fingerprint density at radius 3 is 2.62 bits per heavy atom. The monoisotopic (exact) mass is 348 g/mol. The highest BCUT2D eigenvalue weighted by Gasteiger charge is 2.23. The Kier molecular flexibility index (Phi) is 4.45. The van der Waals surface area contributed by atoms with Crippen molar-refractivity contribution < 1.29 is 19.4 Å². The maximum atomic E-state index is 11.8. The molecule has 3 rings (SSSR count). The van der Waals surface area contributed by atoms with Gasteiger partial charge in [0.15, 0.2) is 5.43 Å². The number of phenolic OH excluding ortho intramolecular Hbond substituents is 1. The Labute approximate surface area is 149 Å². The summed E-state index contributed by atoms with van der Waals surface area (Å²) in [5, 5.41) is 20.0. The van der Waals surface area contributed by atoms with Crippen molar-refractivity contribution in [3.8, 4) is 17.1 Å². The van der Waals surface area contributed by atoms with E-state index in [1.54, 1.807) is 25.1 Å². The molecular formula is C21H16O5. The topological polar surface area (TPSA) is 87.7 Å². The second-order valence-electron chi connectivity index (χ2n) is 5.64. The van der Waals surface area contributed by atoms with Gasteiger partial charge in [-0.05, 0) is 42.8 Å². The largest absolute Gasteiger partial charge is 0.508 e. The molecule has 0 amide bonds. The molecule has 2 aliphatic rings. The van der Waals surface area contributed by atoms with E-state index in [9.17, 15) is 19.8 Å². The van der Waals surface area contributed by atoms with E-state index in [1.165, 1.54) is 36.4 Å². The molecule has 1 aliphatic carbocycles. The van der Waals surface area contributed by atoms with Crippen LogP contribution >= 0.6 is 0 Å². The average Bonchev–Trinajstić information content (AvgIpc) is 2.60. The zero-order valence-electron chi connectivity index (χ0n) is 14.0. The second-order valence-corrected chi connectivity index (χ2v) is 5.64. The number of benzene rings is 2. The number of carboxylic acid groups (broad SMARTS) is 1. The van der Waals surface area contributed by atoms with E-state index in [0.29, 0.717) is 33.4 Å². The minimum Gasteiger partial charge on any atom is -0.508 e. The van der Waals surface area contributed by atoms with Crippen LogP contribution in [-0.4, -0.2) is 16.2 Å². The van der Waals surface area contributed by atoms with Gasteiger partial charge < -0.3 is 14.6 Å². The Hall–Kier alpha value is -3.60. The molecule has 1 aliphatic heterocycles. The zero-order valence-corrected chi connectivity index (χ0v) is 14.0. The van der Waals surface area contributed by atoms with Crippen molar-refractivity contribution in [2.45, 2.75) is 6.92 Å². The van der Waals surface area contributed by atoms with E-state index in [2.05, 4.69) is 6.58 Å². The molecule has 0 unspecified atom stereocenters. The summed E-state index contributed by atoms with van der Waals surface area (Å²) >= 11 is 0. The first-order valence-electron chi connectivity index (χ1n) is 7.89. The smallest absolute Gasteiger partial charge is 0.336 e. The van der Waals surface area contributed by atoms with E-state index in [4.69, 9.17) is 4.42 Å². The lowest BCUT2D eigenvalue weighted by molar-refractivity contribution is -0.132. The molecule has 2 N–H and O–H groups in total. The van der Waals surface area contributed by atoms with Gasteiger partial charge in [0.1, 0.15) is 17.1 Å². The number of allylic oxidation sites excluding steroid dienone is 3. The van der Waals surface area contributed by atoms with Gasteiger partial charge in [-0.25, -0.2) is 4.79 Å². The highest BCUT2D eigenvalue weighted by Crippen LogP contribution is 2.40. The van der Waals surface area contributed by atoms with Crippen LogP contribution in [0.2, 0.25) is 0 Å². The highest BCUT2D eigenvalue weighted by molar-refractivity contribution is 6.12. The molecule has 0 saturated carbocycles. The number of carboxylic acids is 1. The maximum Gasteiger partial charge on any atom is 0.336 e. The number of hydrogen-bond donors (Lipinski definition) is 2. The molecule has 26 heavy (non-hydrogen) atoms. The first-order valence-corrected chi connectivity index (χ1v) is 7.89. The fraction of sp³-hybridized carbons (Fsp3) is 0.0476. The van der Waals surface area contributed by atoms with Crippen molar-refractivity contribution in [2.75, 3.05) is 0 Å². The summed E-state index contributed by atoms with van der Waals surface area (Å²) in [6, 6.07) is 8.94. The van der Waals surface area contributed by atoms with Gasteiger partial charge in [0.05, 0.1) is 5.57 Å². The molecule has 0 fully saturated rings. The maximum absolute atomic E-state index is 11.8. The molecule has 0 atom stereocenters. The lowest BCUT2D eigenvalue weighted by atomic mass is 9.89. The molecule has 1 heterocycles. The molecule has 0 spiro atoms. The van der Waals surface area contributed by atoms with E-state index in [0.717, 1.165) is 0 Å². The number of aromatic hydroxyl groups is 1. The van der Waals surface area contributed by atoms with Crippen LogP contribution in [0.15, 0.2) is 76.0 Å². The van der Waals surface area contributed by atoms with E-state index in [1.807, 2.05) is 0 Å². The SMILES string of the molecule is C=C/C=C(C(=O)O)\C(=C/C)c1c2ccc(=O)cc-2oc2cc(O)ccc12. The molecule has 5 nitrogen and oxygen atoms in total. The lowest BCUT2D eigenvalue weighted by Gasteiger charge is -2.17. The summed E-state index contributed by atoms with van der Waals surface area (Å²) in [5.41, 5.74) is 1.86. The molecule has 1 aromatic rings. The van der Waals surface area contributed by atoms with Gasteiger partial charge in [0.25, 0.3) is 0 Å². The molecule has 130 valence electrons. The third-order valence-corrected chi connectivity index (χ3v) is 4.04. The van der Waals surface area contributed by atoms with E-state index >= 15 is 0 Å². The minimum absolute atomic E-state index is 0.00643. The molecular weight excluding hydrogens is 332 g/mol. The zero-order chi connectivity index (χ0) is 18.8. The van der Waals surface area contributed by atoms with Crippen molar-refractivity contribution in [3.63, 3.8) is 0 Å². The summed E-state index contributed by atoms with van der Waals surface area (Å²) in [6.45, 7) is 5.32. The van der Waals surface area contributed by atoms with Crippen molar-refractivity contribution in [3.05, 3.63) is 82.6 Å². The second kappa shape index (κ2) is 6.72. The number of aliphatic carboxylic acids is 1. The number of rotatable bonds is 4. The summed E-state index contributed by atoms with van der Waals surface area (Å²) in [7, 11) is 0. The molecule has 0 aromatic heterocycles. The van der Waals surface area contributed by atoms with Crippen LogP contribution in [0.4, 0.5) is 0 Å². The van der Waals surface area contributed by atoms with Gasteiger partial charge in [0.2, 0.25) is 0 Å². The summed E-state index contributed by atoms with van der Waals surface area (Å²) in [6.07, 6.45) is 4.52. The molecule has 0 bridgehead atoms. The Bertz CT molecular complexity index is 1110. The molecule has 1 aromatic carbocycles. The number of fused-ring (bicyclic) bond motifs is 2. The van der Waals surface area contributed by atoms with Gasteiger partial charge >= 0.3 is 5.97 Å². The Morgan fingerprint density at radius 1 is 1.19 bits per heavy atom. The van der Waals surface area contributed by atoms with Crippen molar-refractivity contribution in [1.29, 1.82) is 0 Å². The van der Waals surface area contributed by atoms with Crippen LogP contribution in [-0.2, 0) is 4.79 Å². The fourth-order valence-electron chi connectivity index (χ4n) is 2.98. The quantitative estimate of drug-likeness (QED) is 0.419. The van der Waals surface area contributed by atoms with Crippen LogP contribution in [0.1, 0.15) is 12.5 Å². The third-order valence-electron chi connectivity index (χ3n) is 4.04. The first-order chi connectivity index (χ1) is 12.5. The number of hydrogen-bond acceptors (Lipinski definition) is 4.